The van der Waals surface area contributed by atoms with E-state index in [0.717, 1.165) is 42.2 Å². The molecule has 0 radical (unpaired) electrons. The van der Waals surface area contributed by atoms with Crippen LogP contribution in [0.25, 0.3) is 0 Å². The first kappa shape index (κ1) is 22.4. The van der Waals surface area contributed by atoms with E-state index in [-0.39, 0.29) is 29.8 Å². The van der Waals surface area contributed by atoms with Gasteiger partial charge < -0.3 is 15.4 Å². The molecular formula is C21H28FIN4O. The van der Waals surface area contributed by atoms with Crippen molar-refractivity contribution < 1.29 is 9.13 Å². The van der Waals surface area contributed by atoms with E-state index in [9.17, 15) is 4.39 Å². The van der Waals surface area contributed by atoms with Crippen LogP contribution in [0.3, 0.4) is 0 Å². The zero-order chi connectivity index (χ0) is 19.1. The topological polar surface area (TPSA) is 58.5 Å². The number of hydrogen-bond acceptors (Lipinski definition) is 3. The van der Waals surface area contributed by atoms with Crippen molar-refractivity contribution >= 4 is 29.9 Å². The van der Waals surface area contributed by atoms with Crippen LogP contribution in [0.5, 0.6) is 5.88 Å². The molecule has 1 saturated carbocycles. The van der Waals surface area contributed by atoms with Crippen LogP contribution in [0.4, 0.5) is 4.39 Å². The van der Waals surface area contributed by atoms with Crippen molar-refractivity contribution in [1.29, 1.82) is 0 Å². The Morgan fingerprint density at radius 1 is 1.25 bits per heavy atom. The number of nitrogens with zero attached hydrogens (tertiary/aromatic N) is 2. The minimum absolute atomic E-state index is 0. The summed E-state index contributed by atoms with van der Waals surface area (Å²) in [5.74, 6) is 1.92. The third-order valence-corrected chi connectivity index (χ3v) is 4.64. The number of ether oxygens (including phenoxy) is 1. The van der Waals surface area contributed by atoms with Crippen LogP contribution in [-0.4, -0.2) is 31.1 Å². The summed E-state index contributed by atoms with van der Waals surface area (Å²) in [6.45, 7) is 4.05. The van der Waals surface area contributed by atoms with Gasteiger partial charge in [-0.15, -0.1) is 24.0 Å². The van der Waals surface area contributed by atoms with Crippen LogP contribution in [0.2, 0.25) is 0 Å². The number of pyridine rings is 1. The van der Waals surface area contributed by atoms with Gasteiger partial charge in [0.25, 0.3) is 0 Å². The van der Waals surface area contributed by atoms with Crippen LogP contribution >= 0.6 is 24.0 Å². The second kappa shape index (κ2) is 11.2. The smallest absolute Gasteiger partial charge is 0.213 e. The molecule has 7 heteroatoms. The maximum absolute atomic E-state index is 13.2. The second-order valence-corrected chi connectivity index (χ2v) is 6.93. The van der Waals surface area contributed by atoms with Gasteiger partial charge in [-0.1, -0.05) is 6.07 Å². The van der Waals surface area contributed by atoms with Gasteiger partial charge in [0, 0.05) is 32.4 Å². The minimum atomic E-state index is -0.195. The minimum Gasteiger partial charge on any atom is -0.477 e. The van der Waals surface area contributed by atoms with E-state index in [1.54, 1.807) is 19.3 Å². The third kappa shape index (κ3) is 7.26. The molecule has 1 aliphatic carbocycles. The molecule has 2 N–H and O–H groups in total. The Balaban J connectivity index is 0.00000280. The summed E-state index contributed by atoms with van der Waals surface area (Å²) in [5.41, 5.74) is 3.19. The van der Waals surface area contributed by atoms with Crippen molar-refractivity contribution in [2.24, 2.45) is 10.9 Å². The Labute approximate surface area is 183 Å². The fourth-order valence-electron chi connectivity index (χ4n) is 2.79. The monoisotopic (exact) mass is 498 g/mol. The summed E-state index contributed by atoms with van der Waals surface area (Å²) in [5, 5.41) is 6.59. The van der Waals surface area contributed by atoms with Crippen LogP contribution in [0, 0.1) is 18.7 Å². The molecule has 3 rings (SSSR count). The van der Waals surface area contributed by atoms with Crippen LogP contribution in [0.15, 0.2) is 41.5 Å². The molecule has 1 aromatic heterocycles. The molecule has 152 valence electrons. The molecule has 2 aromatic rings. The van der Waals surface area contributed by atoms with Gasteiger partial charge in [0.05, 0.1) is 6.61 Å². The summed E-state index contributed by atoms with van der Waals surface area (Å²) in [7, 11) is 1.75. The summed E-state index contributed by atoms with van der Waals surface area (Å²) in [4.78, 5) is 8.51. The molecular weight excluding hydrogens is 470 g/mol. The Morgan fingerprint density at radius 2 is 2.07 bits per heavy atom. The highest BCUT2D eigenvalue weighted by molar-refractivity contribution is 14.0. The highest BCUT2D eigenvalue weighted by Gasteiger charge is 2.22. The van der Waals surface area contributed by atoms with Crippen molar-refractivity contribution in [1.82, 2.24) is 15.6 Å². The van der Waals surface area contributed by atoms with Gasteiger partial charge in [-0.2, -0.15) is 0 Å². The van der Waals surface area contributed by atoms with E-state index in [1.807, 2.05) is 25.1 Å². The van der Waals surface area contributed by atoms with Crippen LogP contribution in [0.1, 0.15) is 29.5 Å². The lowest BCUT2D eigenvalue weighted by Gasteiger charge is -2.13. The zero-order valence-electron chi connectivity index (χ0n) is 16.4. The number of guanidine groups is 1. The average molecular weight is 498 g/mol. The molecule has 0 amide bonds. The summed E-state index contributed by atoms with van der Waals surface area (Å²) < 4.78 is 18.9. The van der Waals surface area contributed by atoms with Gasteiger partial charge in [-0.3, -0.25) is 4.99 Å². The van der Waals surface area contributed by atoms with Gasteiger partial charge >= 0.3 is 0 Å². The van der Waals surface area contributed by atoms with Gasteiger partial charge in [0.2, 0.25) is 5.88 Å². The molecule has 0 bridgehead atoms. The van der Waals surface area contributed by atoms with Crippen LogP contribution < -0.4 is 15.4 Å². The number of hydrogen-bond donors (Lipinski definition) is 2. The number of nitrogens with one attached hydrogen (secondary N) is 2. The normalized spacial score (nSPS) is 13.6. The standard InChI is InChI=1S/C21H27FN4O.HI/c1-15-11-19(22)6-5-18(15)8-10-25-21(23-2)26-13-17-7-9-24-20(12-17)27-14-16-3-4-16;/h5-7,9,11-12,16H,3-4,8,10,13-14H2,1-2H3,(H2,23,25,26);1H. The molecule has 28 heavy (non-hydrogen) atoms. The van der Waals surface area contributed by atoms with Gasteiger partial charge in [-0.25, -0.2) is 9.37 Å². The Kier molecular flexibility index (Phi) is 8.95. The third-order valence-electron chi connectivity index (χ3n) is 4.64. The van der Waals surface area contributed by atoms with Crippen molar-refractivity contribution in [3.63, 3.8) is 0 Å². The fourth-order valence-corrected chi connectivity index (χ4v) is 2.79. The van der Waals surface area contributed by atoms with Crippen LogP contribution in [-0.2, 0) is 13.0 Å². The highest BCUT2D eigenvalue weighted by Crippen LogP contribution is 2.29. The summed E-state index contributed by atoms with van der Waals surface area (Å²) in [6, 6.07) is 8.83. The Bertz CT molecular complexity index is 796. The predicted molar refractivity (Wildman–Crippen MR) is 121 cm³/mol. The van der Waals surface area contributed by atoms with Crippen molar-refractivity contribution in [2.45, 2.75) is 32.7 Å². The second-order valence-electron chi connectivity index (χ2n) is 6.93. The number of aryl methyl sites for hydroxylation is 1. The summed E-state index contributed by atoms with van der Waals surface area (Å²) >= 11 is 0. The maximum Gasteiger partial charge on any atom is 0.213 e. The first-order valence-electron chi connectivity index (χ1n) is 9.41. The van der Waals surface area contributed by atoms with Gasteiger partial charge in [-0.05, 0) is 67.0 Å². The number of benzene rings is 1. The molecule has 1 aliphatic rings. The largest absolute Gasteiger partial charge is 0.477 e. The molecule has 0 spiro atoms. The van der Waals surface area contributed by atoms with Crippen molar-refractivity contribution in [2.75, 3.05) is 20.2 Å². The first-order valence-corrected chi connectivity index (χ1v) is 9.41. The van der Waals surface area contributed by atoms with E-state index in [2.05, 4.69) is 20.6 Å². The van der Waals surface area contributed by atoms with E-state index in [1.165, 1.54) is 18.9 Å². The van der Waals surface area contributed by atoms with Gasteiger partial charge in [0.15, 0.2) is 5.96 Å². The molecule has 1 heterocycles. The number of rotatable bonds is 8. The van der Waals surface area contributed by atoms with Crippen molar-refractivity contribution in [3.05, 3.63) is 59.0 Å². The van der Waals surface area contributed by atoms with E-state index in [0.29, 0.717) is 18.3 Å². The highest BCUT2D eigenvalue weighted by atomic mass is 127. The van der Waals surface area contributed by atoms with E-state index in [4.69, 9.17) is 4.74 Å². The Hall–Kier alpha value is -1.90. The SMILES string of the molecule is CN=C(NCCc1ccc(F)cc1C)NCc1ccnc(OCC2CC2)c1.I. The van der Waals surface area contributed by atoms with E-state index >= 15 is 0 Å². The first-order chi connectivity index (χ1) is 13.1. The van der Waals surface area contributed by atoms with Gasteiger partial charge in [0.1, 0.15) is 5.82 Å². The lowest BCUT2D eigenvalue weighted by atomic mass is 10.1. The van der Waals surface area contributed by atoms with Crippen molar-refractivity contribution in [3.8, 4) is 5.88 Å². The quantitative estimate of drug-likeness (QED) is 0.330. The number of aliphatic imine (C=N–C) groups is 1. The van der Waals surface area contributed by atoms with E-state index < -0.39 is 0 Å². The number of halogens is 2. The molecule has 0 saturated heterocycles. The molecule has 0 atom stereocenters. The molecule has 1 aromatic carbocycles. The molecule has 0 unspecified atom stereocenters. The lowest BCUT2D eigenvalue weighted by Crippen LogP contribution is -2.37. The lowest BCUT2D eigenvalue weighted by molar-refractivity contribution is 0.288. The number of aromatic nitrogens is 1. The molecule has 0 aliphatic heterocycles. The molecule has 1 fully saturated rings. The Morgan fingerprint density at radius 3 is 2.79 bits per heavy atom. The summed E-state index contributed by atoms with van der Waals surface area (Å²) in [6.07, 6.45) is 5.11. The predicted octanol–water partition coefficient (Wildman–Crippen LogP) is 3.84. The maximum atomic E-state index is 13.2. The molecule has 5 nitrogen and oxygen atoms in total. The zero-order valence-corrected chi connectivity index (χ0v) is 18.7. The average Bonchev–Trinajstić information content (AvgIpc) is 3.49. The fraction of sp³-hybridized carbons (Fsp3) is 0.429.